The smallest absolute Gasteiger partial charge is 0.305 e. The zero-order chi connectivity index (χ0) is 11.6. The minimum absolute atomic E-state index is 0.187. The lowest BCUT2D eigenvalue weighted by molar-refractivity contribution is -0.143. The number of carbonyl (C=O) groups excluding carboxylic acids is 1. The predicted molar refractivity (Wildman–Crippen MR) is 55.3 cm³/mol. The molecule has 0 aromatic carbocycles. The fourth-order valence-corrected chi connectivity index (χ4v) is 1.99. The van der Waals surface area contributed by atoms with Gasteiger partial charge in [0.25, 0.3) is 0 Å². The molecule has 1 atom stereocenters. The molecule has 0 saturated carbocycles. The Morgan fingerprint density at radius 2 is 2.13 bits per heavy atom. The third-order valence-electron chi connectivity index (χ3n) is 2.88. The average molecular weight is 214 g/mol. The SMILES string of the molecule is CC1(C)CCCN1C(=O)C(N)CC(=O)O. The Bertz CT molecular complexity index is 276. The Kier molecular flexibility index (Phi) is 3.34. The molecule has 1 unspecified atom stereocenters. The lowest BCUT2D eigenvalue weighted by atomic mass is 10.0. The van der Waals surface area contributed by atoms with E-state index < -0.39 is 12.0 Å². The Hall–Kier alpha value is -1.10. The van der Waals surface area contributed by atoms with Crippen LogP contribution in [-0.4, -0.2) is 40.0 Å². The molecule has 5 nitrogen and oxygen atoms in total. The van der Waals surface area contributed by atoms with Gasteiger partial charge in [-0.1, -0.05) is 0 Å². The second kappa shape index (κ2) is 4.18. The first kappa shape index (κ1) is 12.0. The summed E-state index contributed by atoms with van der Waals surface area (Å²) in [7, 11) is 0. The molecule has 1 amide bonds. The first-order valence-electron chi connectivity index (χ1n) is 5.13. The van der Waals surface area contributed by atoms with Crippen molar-refractivity contribution >= 4 is 11.9 Å². The summed E-state index contributed by atoms with van der Waals surface area (Å²) in [5, 5.41) is 8.55. The van der Waals surface area contributed by atoms with Crippen LogP contribution in [0.4, 0.5) is 0 Å². The number of nitrogens with zero attached hydrogens (tertiary/aromatic N) is 1. The molecule has 15 heavy (non-hydrogen) atoms. The van der Waals surface area contributed by atoms with Crippen molar-refractivity contribution in [2.24, 2.45) is 5.73 Å². The van der Waals surface area contributed by atoms with Crippen molar-refractivity contribution in [3.63, 3.8) is 0 Å². The summed E-state index contributed by atoms with van der Waals surface area (Å²) in [6, 6.07) is -0.917. The van der Waals surface area contributed by atoms with Crippen LogP contribution in [0.3, 0.4) is 0 Å². The molecular weight excluding hydrogens is 196 g/mol. The number of nitrogens with two attached hydrogens (primary N) is 1. The third kappa shape index (κ3) is 2.68. The zero-order valence-corrected chi connectivity index (χ0v) is 9.19. The van der Waals surface area contributed by atoms with Crippen molar-refractivity contribution in [1.82, 2.24) is 4.90 Å². The van der Waals surface area contributed by atoms with E-state index in [4.69, 9.17) is 10.8 Å². The van der Waals surface area contributed by atoms with Crippen LogP contribution in [0.2, 0.25) is 0 Å². The van der Waals surface area contributed by atoms with Crippen molar-refractivity contribution in [2.45, 2.75) is 44.7 Å². The maximum Gasteiger partial charge on any atom is 0.305 e. The Balaban J connectivity index is 2.64. The molecule has 3 N–H and O–H groups in total. The second-order valence-electron chi connectivity index (χ2n) is 4.61. The minimum atomic E-state index is -1.03. The van der Waals surface area contributed by atoms with E-state index in [1.54, 1.807) is 4.90 Å². The number of hydrogen-bond acceptors (Lipinski definition) is 3. The molecular formula is C10H18N2O3. The molecule has 0 bridgehead atoms. The molecule has 5 heteroatoms. The lowest BCUT2D eigenvalue weighted by Gasteiger charge is -2.33. The summed E-state index contributed by atoms with van der Waals surface area (Å²) >= 11 is 0. The van der Waals surface area contributed by atoms with E-state index >= 15 is 0 Å². The van der Waals surface area contributed by atoms with Crippen molar-refractivity contribution in [2.75, 3.05) is 6.54 Å². The number of carboxylic acids is 1. The third-order valence-corrected chi connectivity index (χ3v) is 2.88. The van der Waals surface area contributed by atoms with Crippen molar-refractivity contribution in [3.05, 3.63) is 0 Å². The van der Waals surface area contributed by atoms with Gasteiger partial charge in [-0.2, -0.15) is 0 Å². The second-order valence-corrected chi connectivity index (χ2v) is 4.61. The summed E-state index contributed by atoms with van der Waals surface area (Å²) in [6.07, 6.45) is 1.60. The van der Waals surface area contributed by atoms with E-state index in [1.165, 1.54) is 0 Å². The summed E-state index contributed by atoms with van der Waals surface area (Å²) in [6.45, 7) is 4.63. The van der Waals surface area contributed by atoms with Crippen molar-refractivity contribution < 1.29 is 14.7 Å². The summed E-state index contributed by atoms with van der Waals surface area (Å²) in [5.41, 5.74) is 5.36. The number of hydrogen-bond donors (Lipinski definition) is 2. The van der Waals surface area contributed by atoms with Crippen LogP contribution in [0, 0.1) is 0 Å². The number of amides is 1. The maximum atomic E-state index is 11.8. The molecule has 1 aliphatic rings. The number of aliphatic carboxylic acids is 1. The van der Waals surface area contributed by atoms with Gasteiger partial charge in [-0.05, 0) is 26.7 Å². The quantitative estimate of drug-likeness (QED) is 0.702. The molecule has 1 fully saturated rings. The Morgan fingerprint density at radius 3 is 2.53 bits per heavy atom. The topological polar surface area (TPSA) is 83.6 Å². The van der Waals surface area contributed by atoms with Gasteiger partial charge in [0, 0.05) is 12.1 Å². The van der Waals surface area contributed by atoms with E-state index in [-0.39, 0.29) is 17.9 Å². The number of likely N-dealkylation sites (tertiary alicyclic amines) is 1. The van der Waals surface area contributed by atoms with Crippen LogP contribution in [0.25, 0.3) is 0 Å². The van der Waals surface area contributed by atoms with Crippen LogP contribution in [0.5, 0.6) is 0 Å². The van der Waals surface area contributed by atoms with Gasteiger partial charge in [-0.3, -0.25) is 9.59 Å². The average Bonchev–Trinajstić information content (AvgIpc) is 2.42. The summed E-state index contributed by atoms with van der Waals surface area (Å²) in [4.78, 5) is 24.0. The minimum Gasteiger partial charge on any atom is -0.481 e. The molecule has 0 spiro atoms. The largest absolute Gasteiger partial charge is 0.481 e. The van der Waals surface area contributed by atoms with E-state index in [9.17, 15) is 9.59 Å². The molecule has 0 radical (unpaired) electrons. The van der Waals surface area contributed by atoms with Gasteiger partial charge in [0.05, 0.1) is 12.5 Å². The highest BCUT2D eigenvalue weighted by Crippen LogP contribution is 2.28. The van der Waals surface area contributed by atoms with Crippen LogP contribution in [0.1, 0.15) is 33.1 Å². The van der Waals surface area contributed by atoms with Gasteiger partial charge in [-0.25, -0.2) is 0 Å². The van der Waals surface area contributed by atoms with Crippen molar-refractivity contribution in [1.29, 1.82) is 0 Å². The van der Waals surface area contributed by atoms with E-state index in [2.05, 4.69) is 0 Å². The molecule has 0 aromatic rings. The molecule has 0 aromatic heterocycles. The summed E-state index contributed by atoms with van der Waals surface area (Å²) < 4.78 is 0. The van der Waals surface area contributed by atoms with E-state index in [1.807, 2.05) is 13.8 Å². The van der Waals surface area contributed by atoms with Gasteiger partial charge < -0.3 is 15.7 Å². The van der Waals surface area contributed by atoms with Crippen LogP contribution < -0.4 is 5.73 Å². The maximum absolute atomic E-state index is 11.8. The lowest BCUT2D eigenvalue weighted by Crippen LogP contribution is -2.50. The van der Waals surface area contributed by atoms with E-state index in [0.29, 0.717) is 6.54 Å². The summed E-state index contributed by atoms with van der Waals surface area (Å²) in [5.74, 6) is -1.28. The molecule has 1 rings (SSSR count). The monoisotopic (exact) mass is 214 g/mol. The van der Waals surface area contributed by atoms with Crippen molar-refractivity contribution in [3.8, 4) is 0 Å². The van der Waals surface area contributed by atoms with Crippen LogP contribution in [0.15, 0.2) is 0 Å². The number of rotatable bonds is 3. The zero-order valence-electron chi connectivity index (χ0n) is 9.19. The molecule has 86 valence electrons. The number of carboxylic acid groups (broad SMARTS) is 1. The van der Waals surface area contributed by atoms with E-state index in [0.717, 1.165) is 12.8 Å². The Morgan fingerprint density at radius 1 is 1.53 bits per heavy atom. The van der Waals surface area contributed by atoms with Crippen LogP contribution in [-0.2, 0) is 9.59 Å². The van der Waals surface area contributed by atoms with Gasteiger partial charge in [0.15, 0.2) is 0 Å². The number of carbonyl (C=O) groups is 2. The standard InChI is InChI=1S/C10H18N2O3/c1-10(2)4-3-5-12(10)9(15)7(11)6-8(13)14/h7H,3-6,11H2,1-2H3,(H,13,14). The van der Waals surface area contributed by atoms with Gasteiger partial charge in [0.2, 0.25) is 5.91 Å². The Labute approximate surface area is 89.2 Å². The fraction of sp³-hybridized carbons (Fsp3) is 0.800. The molecule has 1 aliphatic heterocycles. The first-order valence-corrected chi connectivity index (χ1v) is 5.13. The van der Waals surface area contributed by atoms with Gasteiger partial charge >= 0.3 is 5.97 Å². The van der Waals surface area contributed by atoms with Gasteiger partial charge in [-0.15, -0.1) is 0 Å². The predicted octanol–water partition coefficient (Wildman–Crippen LogP) is 0.189. The highest BCUT2D eigenvalue weighted by molar-refractivity contribution is 5.86. The van der Waals surface area contributed by atoms with Gasteiger partial charge in [0.1, 0.15) is 0 Å². The first-order chi connectivity index (χ1) is 6.84. The molecule has 1 heterocycles. The highest BCUT2D eigenvalue weighted by atomic mass is 16.4. The fourth-order valence-electron chi connectivity index (χ4n) is 1.99. The molecule has 1 saturated heterocycles. The van der Waals surface area contributed by atoms with Crippen LogP contribution >= 0.6 is 0 Å². The normalized spacial score (nSPS) is 21.4. The highest BCUT2D eigenvalue weighted by Gasteiger charge is 2.37. The molecule has 0 aliphatic carbocycles.